The van der Waals surface area contributed by atoms with E-state index < -0.39 is 15.0 Å². The van der Waals surface area contributed by atoms with Crippen LogP contribution in [0, 0.1) is 0 Å². The van der Waals surface area contributed by atoms with Crippen molar-refractivity contribution in [2.75, 3.05) is 0 Å². The zero-order valence-corrected chi connectivity index (χ0v) is 6.74. The Morgan fingerprint density at radius 3 is 2.17 bits per heavy atom. The standard InChI is InChI=1S/C7H5O4S/c8-5-6-3-1-2-4-7(6)12(9,10)11/h1-5H. The Hall–Kier alpha value is -1.20. The van der Waals surface area contributed by atoms with Crippen LogP contribution < -0.4 is 0 Å². The molecule has 0 saturated carbocycles. The summed E-state index contributed by atoms with van der Waals surface area (Å²) in [6.45, 7) is 0. The van der Waals surface area contributed by atoms with Gasteiger partial charge < -0.3 is 0 Å². The summed E-state index contributed by atoms with van der Waals surface area (Å²) < 4.78 is 31.5. The molecule has 0 atom stereocenters. The van der Waals surface area contributed by atoms with Crippen molar-refractivity contribution in [3.8, 4) is 0 Å². The van der Waals surface area contributed by atoms with Crippen LogP contribution in [0.4, 0.5) is 0 Å². The number of aldehydes is 1. The fourth-order valence-electron chi connectivity index (χ4n) is 0.806. The fraction of sp³-hybridized carbons (Fsp3) is 0. The van der Waals surface area contributed by atoms with E-state index in [0.29, 0.717) is 6.29 Å². The largest absolute Gasteiger partial charge is 0.324 e. The first-order valence-corrected chi connectivity index (χ1v) is 4.46. The number of hydrogen-bond acceptors (Lipinski definition) is 3. The molecule has 0 bridgehead atoms. The van der Waals surface area contributed by atoms with Crippen LogP contribution >= 0.6 is 0 Å². The van der Waals surface area contributed by atoms with Crippen molar-refractivity contribution in [2.24, 2.45) is 0 Å². The fourth-order valence-corrected chi connectivity index (χ4v) is 1.46. The average Bonchev–Trinajstić information content (AvgIpc) is 2.03. The Morgan fingerprint density at radius 1 is 1.17 bits per heavy atom. The lowest BCUT2D eigenvalue weighted by Gasteiger charge is -1.96. The lowest BCUT2D eigenvalue weighted by atomic mass is 10.2. The second-order valence-corrected chi connectivity index (χ2v) is 3.46. The highest BCUT2D eigenvalue weighted by atomic mass is 32.2. The molecule has 0 unspecified atom stereocenters. The van der Waals surface area contributed by atoms with Crippen LogP contribution in [0.1, 0.15) is 10.4 Å². The Labute approximate surface area is 69.6 Å². The van der Waals surface area contributed by atoms with Crippen molar-refractivity contribution in [1.29, 1.82) is 0 Å². The molecule has 1 aromatic carbocycles. The molecule has 12 heavy (non-hydrogen) atoms. The molecule has 0 saturated heterocycles. The van der Waals surface area contributed by atoms with Crippen molar-refractivity contribution < 1.29 is 17.8 Å². The first-order chi connectivity index (χ1) is 5.55. The maximum absolute atomic E-state index is 10.5. The second-order valence-electron chi connectivity index (χ2n) is 2.11. The maximum atomic E-state index is 10.5. The van der Waals surface area contributed by atoms with Crippen molar-refractivity contribution >= 4 is 16.4 Å². The number of benzene rings is 1. The van der Waals surface area contributed by atoms with Gasteiger partial charge in [-0.05, 0) is 6.07 Å². The molecule has 4 nitrogen and oxygen atoms in total. The van der Waals surface area contributed by atoms with Gasteiger partial charge >= 0.3 is 10.1 Å². The summed E-state index contributed by atoms with van der Waals surface area (Å²) in [6.07, 6.45) is 0.338. The van der Waals surface area contributed by atoms with Gasteiger partial charge in [-0.15, -0.1) is 0 Å². The van der Waals surface area contributed by atoms with Gasteiger partial charge in [0.15, 0.2) is 6.29 Å². The van der Waals surface area contributed by atoms with Crippen LogP contribution in [-0.4, -0.2) is 14.7 Å². The molecule has 1 aromatic rings. The highest BCUT2D eigenvalue weighted by Crippen LogP contribution is 2.12. The van der Waals surface area contributed by atoms with E-state index in [9.17, 15) is 17.8 Å². The SMILES string of the molecule is [O]S(=O)(=O)c1ccccc1C=O. The van der Waals surface area contributed by atoms with E-state index in [1.807, 2.05) is 0 Å². The smallest absolute Gasteiger partial charge is 0.298 e. The van der Waals surface area contributed by atoms with Gasteiger partial charge in [-0.25, -0.2) is 0 Å². The zero-order valence-electron chi connectivity index (χ0n) is 5.93. The van der Waals surface area contributed by atoms with Gasteiger partial charge in [-0.3, -0.25) is 4.79 Å². The van der Waals surface area contributed by atoms with E-state index in [-0.39, 0.29) is 5.56 Å². The number of carbonyl (C=O) groups is 1. The lowest BCUT2D eigenvalue weighted by Crippen LogP contribution is -2.00. The van der Waals surface area contributed by atoms with Crippen molar-refractivity contribution in [3.63, 3.8) is 0 Å². The Kier molecular flexibility index (Phi) is 2.25. The monoisotopic (exact) mass is 185 g/mol. The summed E-state index contributed by atoms with van der Waals surface area (Å²) in [6, 6.07) is 5.25. The molecule has 0 amide bonds. The molecule has 1 radical (unpaired) electrons. The van der Waals surface area contributed by atoms with Crippen LogP contribution in [0.2, 0.25) is 0 Å². The van der Waals surface area contributed by atoms with Crippen molar-refractivity contribution in [2.45, 2.75) is 4.90 Å². The van der Waals surface area contributed by atoms with E-state index in [1.54, 1.807) is 0 Å². The third kappa shape index (κ3) is 1.69. The van der Waals surface area contributed by atoms with Crippen molar-refractivity contribution in [1.82, 2.24) is 0 Å². The summed E-state index contributed by atoms with van der Waals surface area (Å²) >= 11 is 0. The van der Waals surface area contributed by atoms with Gasteiger partial charge in [-0.1, -0.05) is 22.8 Å². The second kappa shape index (κ2) is 3.04. The molecule has 0 heterocycles. The number of rotatable bonds is 2. The van der Waals surface area contributed by atoms with E-state index in [1.165, 1.54) is 18.2 Å². The topological polar surface area (TPSA) is 71.1 Å². The molecule has 0 spiro atoms. The van der Waals surface area contributed by atoms with E-state index >= 15 is 0 Å². The predicted octanol–water partition coefficient (Wildman–Crippen LogP) is 0.618. The highest BCUT2D eigenvalue weighted by Gasteiger charge is 2.15. The molecular formula is C7H5O4S. The predicted molar refractivity (Wildman–Crippen MR) is 39.7 cm³/mol. The minimum absolute atomic E-state index is 0.104. The number of carbonyl (C=O) groups excluding carboxylic acids is 1. The van der Waals surface area contributed by atoms with Gasteiger partial charge in [0.1, 0.15) is 4.90 Å². The van der Waals surface area contributed by atoms with Crippen LogP contribution in [-0.2, 0) is 14.7 Å². The molecular weight excluding hydrogens is 180 g/mol. The van der Waals surface area contributed by atoms with Gasteiger partial charge in [0.25, 0.3) is 0 Å². The van der Waals surface area contributed by atoms with Gasteiger partial charge in [0.2, 0.25) is 0 Å². The average molecular weight is 185 g/mol. The summed E-state index contributed by atoms with van der Waals surface area (Å²) in [4.78, 5) is 9.80. The highest BCUT2D eigenvalue weighted by molar-refractivity contribution is 7.85. The first kappa shape index (κ1) is 8.89. The van der Waals surface area contributed by atoms with Gasteiger partial charge in [-0.2, -0.15) is 8.42 Å². The van der Waals surface area contributed by atoms with Crippen LogP contribution in [0.15, 0.2) is 29.2 Å². The molecule has 0 N–H and O–H groups in total. The normalized spacial score (nSPS) is 11.1. The molecule has 0 fully saturated rings. The summed E-state index contributed by atoms with van der Waals surface area (Å²) in [7, 11) is -4.53. The zero-order chi connectivity index (χ0) is 9.19. The lowest BCUT2D eigenvalue weighted by molar-refractivity contribution is 0.112. The Balaban J connectivity index is 3.43. The quantitative estimate of drug-likeness (QED) is 0.634. The van der Waals surface area contributed by atoms with Crippen LogP contribution in [0.25, 0.3) is 0 Å². The summed E-state index contributed by atoms with van der Waals surface area (Å²) in [5.74, 6) is 0. The third-order valence-corrected chi connectivity index (χ3v) is 2.23. The van der Waals surface area contributed by atoms with Crippen molar-refractivity contribution in [3.05, 3.63) is 29.8 Å². The molecule has 0 aromatic heterocycles. The summed E-state index contributed by atoms with van der Waals surface area (Å²) in [5, 5.41) is 0. The maximum Gasteiger partial charge on any atom is 0.324 e. The minimum atomic E-state index is -4.53. The molecule has 0 aliphatic carbocycles. The third-order valence-electron chi connectivity index (χ3n) is 1.32. The van der Waals surface area contributed by atoms with Crippen LogP contribution in [0.5, 0.6) is 0 Å². The van der Waals surface area contributed by atoms with Crippen LogP contribution in [0.3, 0.4) is 0 Å². The van der Waals surface area contributed by atoms with E-state index in [2.05, 4.69) is 0 Å². The molecule has 63 valence electrons. The Morgan fingerprint density at radius 2 is 1.75 bits per heavy atom. The first-order valence-electron chi connectivity index (χ1n) is 3.06. The van der Waals surface area contributed by atoms with Gasteiger partial charge in [0, 0.05) is 5.56 Å². The molecule has 0 aliphatic rings. The summed E-state index contributed by atoms with van der Waals surface area (Å²) in [5.41, 5.74) is -0.104. The van der Waals surface area contributed by atoms with Gasteiger partial charge in [0.05, 0.1) is 0 Å². The molecule has 5 heteroatoms. The Bertz CT molecular complexity index is 394. The molecule has 0 aliphatic heterocycles. The molecule has 1 rings (SSSR count). The minimum Gasteiger partial charge on any atom is -0.298 e. The van der Waals surface area contributed by atoms with E-state index in [4.69, 9.17) is 0 Å². The van der Waals surface area contributed by atoms with E-state index in [0.717, 1.165) is 6.07 Å². The number of hydrogen-bond donors (Lipinski definition) is 0.